The first-order valence-electron chi connectivity index (χ1n) is 6.22. The first-order chi connectivity index (χ1) is 9.22. The summed E-state index contributed by atoms with van der Waals surface area (Å²) < 4.78 is 10.6. The van der Waals surface area contributed by atoms with E-state index in [1.54, 1.807) is 0 Å². The van der Waals surface area contributed by atoms with Gasteiger partial charge in [0.15, 0.2) is 11.5 Å². The molecule has 0 bridgehead atoms. The van der Waals surface area contributed by atoms with Crippen LogP contribution in [0.4, 0.5) is 5.69 Å². The standard InChI is InChI=1S/C13H12N2O4/c16-12-8-4-15(5-9(8)13(17)14-12)7-1-2-10-11(3-7)19-6-18-10/h1-3,8-9H,4-6H2,(H,14,16,17)/t8-,9+. The molecule has 0 aromatic heterocycles. The van der Waals surface area contributed by atoms with E-state index in [1.807, 2.05) is 23.1 Å². The van der Waals surface area contributed by atoms with Crippen LogP contribution < -0.4 is 19.7 Å². The molecule has 98 valence electrons. The second kappa shape index (κ2) is 3.63. The van der Waals surface area contributed by atoms with Gasteiger partial charge in [0, 0.05) is 24.8 Å². The normalized spacial score (nSPS) is 27.7. The highest BCUT2D eigenvalue weighted by molar-refractivity contribution is 6.06. The van der Waals surface area contributed by atoms with Gasteiger partial charge >= 0.3 is 0 Å². The summed E-state index contributed by atoms with van der Waals surface area (Å²) in [6, 6.07) is 5.68. The van der Waals surface area contributed by atoms with Crippen LogP contribution in [0.3, 0.4) is 0 Å². The Balaban J connectivity index is 1.61. The Morgan fingerprint density at radius 2 is 1.74 bits per heavy atom. The first kappa shape index (κ1) is 10.7. The number of imide groups is 1. The van der Waals surface area contributed by atoms with Crippen molar-refractivity contribution in [2.75, 3.05) is 24.8 Å². The van der Waals surface area contributed by atoms with Crippen LogP contribution in [-0.4, -0.2) is 31.7 Å². The number of fused-ring (bicyclic) bond motifs is 2. The van der Waals surface area contributed by atoms with Crippen molar-refractivity contribution in [3.8, 4) is 11.5 Å². The van der Waals surface area contributed by atoms with Crippen LogP contribution in [0.15, 0.2) is 18.2 Å². The molecule has 0 spiro atoms. The Morgan fingerprint density at radius 1 is 1.05 bits per heavy atom. The summed E-state index contributed by atoms with van der Waals surface area (Å²) in [5.74, 6) is 0.689. The van der Waals surface area contributed by atoms with E-state index in [1.165, 1.54) is 0 Å². The number of ether oxygens (including phenoxy) is 2. The minimum Gasteiger partial charge on any atom is -0.454 e. The molecule has 6 nitrogen and oxygen atoms in total. The van der Waals surface area contributed by atoms with Gasteiger partial charge in [0.2, 0.25) is 18.6 Å². The van der Waals surface area contributed by atoms with Gasteiger partial charge in [-0.15, -0.1) is 0 Å². The van der Waals surface area contributed by atoms with E-state index in [2.05, 4.69) is 5.32 Å². The molecule has 3 aliphatic heterocycles. The molecule has 4 rings (SSSR count). The maximum absolute atomic E-state index is 11.6. The first-order valence-corrected chi connectivity index (χ1v) is 6.22. The zero-order valence-electron chi connectivity index (χ0n) is 10.1. The van der Waals surface area contributed by atoms with Crippen LogP contribution in [0.1, 0.15) is 0 Å². The van der Waals surface area contributed by atoms with Crippen molar-refractivity contribution in [3.63, 3.8) is 0 Å². The molecule has 3 heterocycles. The van der Waals surface area contributed by atoms with Crippen molar-refractivity contribution in [3.05, 3.63) is 18.2 Å². The van der Waals surface area contributed by atoms with Crippen molar-refractivity contribution in [2.45, 2.75) is 0 Å². The second-order valence-corrected chi connectivity index (χ2v) is 5.01. The highest BCUT2D eigenvalue weighted by Crippen LogP contribution is 2.38. The van der Waals surface area contributed by atoms with Crippen molar-refractivity contribution >= 4 is 17.5 Å². The maximum atomic E-state index is 11.6. The van der Waals surface area contributed by atoms with E-state index in [0.29, 0.717) is 18.8 Å². The quantitative estimate of drug-likeness (QED) is 0.727. The summed E-state index contributed by atoms with van der Waals surface area (Å²) >= 11 is 0. The average molecular weight is 260 g/mol. The van der Waals surface area contributed by atoms with Gasteiger partial charge in [0.25, 0.3) is 0 Å². The summed E-state index contributed by atoms with van der Waals surface area (Å²) in [5, 5.41) is 2.38. The van der Waals surface area contributed by atoms with Crippen molar-refractivity contribution in [1.82, 2.24) is 5.32 Å². The number of benzene rings is 1. The Kier molecular flexibility index (Phi) is 2.04. The number of carbonyl (C=O) groups excluding carboxylic acids is 2. The predicted molar refractivity (Wildman–Crippen MR) is 64.9 cm³/mol. The molecule has 1 aromatic rings. The number of hydrogen-bond donors (Lipinski definition) is 1. The number of amides is 2. The van der Waals surface area contributed by atoms with Crippen LogP contribution >= 0.6 is 0 Å². The molecule has 19 heavy (non-hydrogen) atoms. The third kappa shape index (κ3) is 1.49. The lowest BCUT2D eigenvalue weighted by Crippen LogP contribution is -2.31. The van der Waals surface area contributed by atoms with Gasteiger partial charge in [-0.1, -0.05) is 0 Å². The maximum Gasteiger partial charge on any atom is 0.232 e. The van der Waals surface area contributed by atoms with E-state index >= 15 is 0 Å². The van der Waals surface area contributed by atoms with Crippen LogP contribution in [0.2, 0.25) is 0 Å². The van der Waals surface area contributed by atoms with E-state index in [9.17, 15) is 9.59 Å². The third-order valence-corrected chi connectivity index (χ3v) is 3.96. The summed E-state index contributed by atoms with van der Waals surface area (Å²) in [6.45, 7) is 1.38. The fourth-order valence-electron chi connectivity index (χ4n) is 2.93. The molecule has 0 saturated carbocycles. The van der Waals surface area contributed by atoms with Gasteiger partial charge in [-0.25, -0.2) is 0 Å². The van der Waals surface area contributed by atoms with Crippen LogP contribution in [0, 0.1) is 11.8 Å². The van der Waals surface area contributed by atoms with Gasteiger partial charge in [0.05, 0.1) is 11.8 Å². The van der Waals surface area contributed by atoms with Crippen LogP contribution in [0.5, 0.6) is 11.5 Å². The molecule has 3 aliphatic rings. The Bertz CT molecular complexity index is 564. The van der Waals surface area contributed by atoms with E-state index in [0.717, 1.165) is 11.4 Å². The molecule has 2 amide bonds. The molecule has 6 heteroatoms. The van der Waals surface area contributed by atoms with Gasteiger partial charge < -0.3 is 14.4 Å². The number of carbonyl (C=O) groups is 2. The van der Waals surface area contributed by atoms with Crippen LogP contribution in [-0.2, 0) is 9.59 Å². The number of hydrogen-bond acceptors (Lipinski definition) is 5. The lowest BCUT2D eigenvalue weighted by molar-refractivity contribution is -0.126. The molecule has 2 atom stereocenters. The number of rotatable bonds is 1. The van der Waals surface area contributed by atoms with E-state index in [4.69, 9.17) is 9.47 Å². The van der Waals surface area contributed by atoms with Gasteiger partial charge in [-0.2, -0.15) is 0 Å². The van der Waals surface area contributed by atoms with Crippen molar-refractivity contribution in [2.24, 2.45) is 11.8 Å². The highest BCUT2D eigenvalue weighted by atomic mass is 16.7. The van der Waals surface area contributed by atoms with Gasteiger partial charge in [-0.05, 0) is 12.1 Å². The lowest BCUT2D eigenvalue weighted by atomic mass is 10.00. The van der Waals surface area contributed by atoms with Crippen molar-refractivity contribution < 1.29 is 19.1 Å². The summed E-state index contributed by atoms with van der Waals surface area (Å²) in [7, 11) is 0. The molecular formula is C13H12N2O4. The van der Waals surface area contributed by atoms with Gasteiger partial charge in [0.1, 0.15) is 0 Å². The van der Waals surface area contributed by atoms with Gasteiger partial charge in [-0.3, -0.25) is 14.9 Å². The largest absolute Gasteiger partial charge is 0.454 e. The highest BCUT2D eigenvalue weighted by Gasteiger charge is 2.47. The van der Waals surface area contributed by atoms with E-state index in [-0.39, 0.29) is 30.4 Å². The predicted octanol–water partition coefficient (Wildman–Crippen LogP) is 0.124. The average Bonchev–Trinajstić information content (AvgIpc) is 3.08. The molecule has 0 radical (unpaired) electrons. The van der Waals surface area contributed by atoms with Crippen LogP contribution in [0.25, 0.3) is 0 Å². The fraction of sp³-hybridized carbons (Fsp3) is 0.385. The lowest BCUT2D eigenvalue weighted by Gasteiger charge is -2.19. The zero-order valence-corrected chi connectivity index (χ0v) is 10.1. The minimum absolute atomic E-state index is 0.154. The molecular weight excluding hydrogens is 248 g/mol. The Morgan fingerprint density at radius 3 is 2.47 bits per heavy atom. The molecule has 0 aliphatic carbocycles. The Hall–Kier alpha value is -2.24. The molecule has 1 aromatic carbocycles. The molecule has 2 saturated heterocycles. The molecule has 1 N–H and O–H groups in total. The summed E-state index contributed by atoms with van der Waals surface area (Å²) in [4.78, 5) is 25.3. The topological polar surface area (TPSA) is 67.9 Å². The fourth-order valence-corrected chi connectivity index (χ4v) is 2.93. The Labute approximate surface area is 109 Å². The second-order valence-electron chi connectivity index (χ2n) is 5.01. The number of nitrogens with one attached hydrogen (secondary N) is 1. The summed E-state index contributed by atoms with van der Waals surface area (Å²) in [6.07, 6.45) is 0. The van der Waals surface area contributed by atoms with Crippen molar-refractivity contribution in [1.29, 1.82) is 0 Å². The third-order valence-electron chi connectivity index (χ3n) is 3.96. The monoisotopic (exact) mass is 260 g/mol. The summed E-state index contributed by atoms with van der Waals surface area (Å²) in [5.41, 5.74) is 0.958. The van der Waals surface area contributed by atoms with E-state index < -0.39 is 0 Å². The molecule has 0 unspecified atom stereocenters. The smallest absolute Gasteiger partial charge is 0.232 e. The number of anilines is 1. The minimum atomic E-state index is -0.224. The SMILES string of the molecule is O=C1NC(=O)[C@@H]2CN(c3ccc4c(c3)OCO4)C[C@H]12. The molecule has 2 fully saturated rings. The zero-order chi connectivity index (χ0) is 13.0. The number of nitrogens with zero attached hydrogens (tertiary/aromatic N) is 1.